The fraction of sp³-hybridized carbons (Fsp3) is 0.478. The Morgan fingerprint density at radius 3 is 2.50 bits per heavy atom. The molecule has 2 aliphatic rings. The van der Waals surface area contributed by atoms with Crippen molar-refractivity contribution in [3.05, 3.63) is 41.8 Å². The minimum Gasteiger partial charge on any atom is -0.370 e. The summed E-state index contributed by atoms with van der Waals surface area (Å²) in [6.45, 7) is 11.9. The molecule has 0 aromatic heterocycles. The summed E-state index contributed by atoms with van der Waals surface area (Å²) >= 11 is 1.85. The molecule has 0 N–H and O–H groups in total. The van der Waals surface area contributed by atoms with Crippen molar-refractivity contribution in [1.29, 1.82) is 0 Å². The summed E-state index contributed by atoms with van der Waals surface area (Å²) in [7, 11) is 4.25. The van der Waals surface area contributed by atoms with Crippen molar-refractivity contribution in [2.24, 2.45) is 0 Å². The maximum absolute atomic E-state index is 4.92. The molecule has 4 nitrogen and oxygen atoms in total. The van der Waals surface area contributed by atoms with Crippen LogP contribution in [0.5, 0.6) is 0 Å². The van der Waals surface area contributed by atoms with Crippen molar-refractivity contribution in [1.82, 2.24) is 14.5 Å². The number of nitrogens with zero attached hydrogens (tertiary/aromatic N) is 4. The number of benzene rings is 2. The van der Waals surface area contributed by atoms with Gasteiger partial charge in [0, 0.05) is 43.9 Å². The van der Waals surface area contributed by atoms with Gasteiger partial charge in [0.15, 0.2) is 0 Å². The topological polar surface area (TPSA) is 22.4 Å². The van der Waals surface area contributed by atoms with Gasteiger partial charge in [-0.2, -0.15) is 0 Å². The van der Waals surface area contributed by atoms with Crippen LogP contribution in [-0.4, -0.2) is 56.7 Å². The van der Waals surface area contributed by atoms with Crippen LogP contribution in [0.25, 0.3) is 20.8 Å². The molecule has 0 atom stereocenters. The number of hydrogen-bond donors (Lipinski definition) is 0. The van der Waals surface area contributed by atoms with E-state index in [4.69, 9.17) is 4.98 Å². The molecule has 0 fully saturated rings. The average Bonchev–Trinajstić information content (AvgIpc) is 2.70. The molecule has 0 bridgehead atoms. The molecule has 1 aromatic rings. The molecular weight excluding hydrogens is 364 g/mol. The summed E-state index contributed by atoms with van der Waals surface area (Å²) in [5.74, 6) is 0. The Hall–Kier alpha value is -1.98. The summed E-state index contributed by atoms with van der Waals surface area (Å²) < 4.78 is 3.69. The largest absolute Gasteiger partial charge is 0.370 e. The number of aromatic nitrogens is 1. The third-order valence-electron chi connectivity index (χ3n) is 5.15. The fourth-order valence-electron chi connectivity index (χ4n) is 3.53. The van der Waals surface area contributed by atoms with Crippen LogP contribution < -0.4 is 14.8 Å². The SMILES string of the molecule is CCC[N+](CC)=c1ccc2nc3ccc(N(CC)CCN(C)C)cc3sc-2c1. The molecule has 0 radical (unpaired) electrons. The van der Waals surface area contributed by atoms with E-state index in [1.807, 2.05) is 11.3 Å². The van der Waals surface area contributed by atoms with Crippen molar-refractivity contribution >= 4 is 27.2 Å². The maximum atomic E-state index is 4.92. The van der Waals surface area contributed by atoms with Gasteiger partial charge in [0.2, 0.25) is 5.36 Å². The van der Waals surface area contributed by atoms with E-state index < -0.39 is 0 Å². The second kappa shape index (κ2) is 9.48. The lowest BCUT2D eigenvalue weighted by Crippen LogP contribution is -2.31. The van der Waals surface area contributed by atoms with Crippen LogP contribution in [0, 0.1) is 0 Å². The Balaban J connectivity index is 2.05. The van der Waals surface area contributed by atoms with Gasteiger partial charge < -0.3 is 9.80 Å². The Morgan fingerprint density at radius 2 is 1.82 bits per heavy atom. The van der Waals surface area contributed by atoms with Gasteiger partial charge in [-0.25, -0.2) is 9.56 Å². The van der Waals surface area contributed by atoms with Gasteiger partial charge in [0.1, 0.15) is 13.1 Å². The maximum Gasteiger partial charge on any atom is 0.201 e. The molecule has 1 aromatic carbocycles. The smallest absolute Gasteiger partial charge is 0.201 e. The monoisotopic (exact) mass is 397 g/mol. The number of hydrogen-bond acceptors (Lipinski definition) is 4. The second-order valence-electron chi connectivity index (χ2n) is 7.48. The van der Waals surface area contributed by atoms with E-state index in [-0.39, 0.29) is 0 Å². The molecule has 5 heteroatoms. The van der Waals surface area contributed by atoms with Gasteiger partial charge in [-0.15, -0.1) is 11.3 Å². The highest BCUT2D eigenvalue weighted by Gasteiger charge is 2.12. The number of fused-ring (bicyclic) bond motifs is 2. The molecule has 0 amide bonds. The first-order chi connectivity index (χ1) is 13.5. The molecule has 0 unspecified atom stereocenters. The van der Waals surface area contributed by atoms with Crippen LogP contribution in [0.2, 0.25) is 0 Å². The fourth-order valence-corrected chi connectivity index (χ4v) is 4.56. The van der Waals surface area contributed by atoms with Crippen molar-refractivity contribution in [2.75, 3.05) is 51.7 Å². The first-order valence-electron chi connectivity index (χ1n) is 10.4. The highest BCUT2D eigenvalue weighted by molar-refractivity contribution is 7.21. The van der Waals surface area contributed by atoms with Crippen molar-refractivity contribution in [3.8, 4) is 10.6 Å². The Bertz CT molecular complexity index is 960. The van der Waals surface area contributed by atoms with E-state index in [1.165, 1.54) is 20.6 Å². The molecule has 28 heavy (non-hydrogen) atoms. The summed E-state index contributed by atoms with van der Waals surface area (Å²) in [5, 5.41) is 1.30. The van der Waals surface area contributed by atoms with Crippen LogP contribution in [-0.2, 0) is 0 Å². The summed E-state index contributed by atoms with van der Waals surface area (Å²) in [6, 6.07) is 13.4. The Kier molecular flexibility index (Phi) is 7.03. The Morgan fingerprint density at radius 1 is 1.00 bits per heavy atom. The average molecular weight is 398 g/mol. The molecule has 1 aliphatic carbocycles. The highest BCUT2D eigenvalue weighted by atomic mass is 32.1. The van der Waals surface area contributed by atoms with Crippen LogP contribution >= 0.6 is 11.3 Å². The zero-order valence-electron chi connectivity index (χ0n) is 17.9. The van der Waals surface area contributed by atoms with E-state index >= 15 is 0 Å². The van der Waals surface area contributed by atoms with E-state index in [2.05, 4.69) is 85.6 Å². The zero-order chi connectivity index (χ0) is 20.1. The van der Waals surface area contributed by atoms with E-state index in [1.54, 1.807) is 0 Å². The highest BCUT2D eigenvalue weighted by Crippen LogP contribution is 2.31. The number of rotatable bonds is 8. The quantitative estimate of drug-likeness (QED) is 0.424. The minimum absolute atomic E-state index is 1.01. The minimum atomic E-state index is 1.01. The van der Waals surface area contributed by atoms with Crippen LogP contribution in [0.3, 0.4) is 0 Å². The normalized spacial score (nSPS) is 12.8. The number of likely N-dealkylation sites (N-methyl/N-ethyl adjacent to an activating group) is 2. The third-order valence-corrected chi connectivity index (χ3v) is 6.25. The van der Waals surface area contributed by atoms with Gasteiger partial charge >= 0.3 is 0 Å². The lowest BCUT2D eigenvalue weighted by molar-refractivity contribution is 0.414. The van der Waals surface area contributed by atoms with Crippen molar-refractivity contribution in [3.63, 3.8) is 0 Å². The predicted molar refractivity (Wildman–Crippen MR) is 124 cm³/mol. The summed E-state index contributed by atoms with van der Waals surface area (Å²) in [6.07, 6.45) is 1.16. The number of anilines is 1. The second-order valence-corrected chi connectivity index (χ2v) is 8.56. The van der Waals surface area contributed by atoms with Gasteiger partial charge in [-0.05, 0) is 52.2 Å². The molecule has 1 heterocycles. The molecule has 0 saturated heterocycles. The molecule has 3 rings (SSSR count). The van der Waals surface area contributed by atoms with E-state index in [0.29, 0.717) is 0 Å². The van der Waals surface area contributed by atoms with Gasteiger partial charge in [0.05, 0.1) is 20.8 Å². The lowest BCUT2D eigenvalue weighted by Gasteiger charge is -2.25. The van der Waals surface area contributed by atoms with E-state index in [0.717, 1.165) is 50.4 Å². The van der Waals surface area contributed by atoms with Crippen LogP contribution in [0.15, 0.2) is 36.4 Å². The summed E-state index contributed by atoms with van der Waals surface area (Å²) in [5.41, 5.74) is 3.45. The predicted octanol–water partition coefficient (Wildman–Crippen LogP) is 3.99. The molecule has 150 valence electrons. The van der Waals surface area contributed by atoms with Crippen molar-refractivity contribution in [2.45, 2.75) is 27.2 Å². The molecular formula is C23H33N4S+. The van der Waals surface area contributed by atoms with Crippen LogP contribution in [0.1, 0.15) is 27.2 Å². The Labute approximate surface area is 173 Å². The van der Waals surface area contributed by atoms with Crippen molar-refractivity contribution < 1.29 is 0 Å². The molecule has 0 saturated carbocycles. The standard InChI is InChI=1S/C23H33N4S/c1-6-13-26(7-2)18-9-11-20-22(16-18)28-23-17-19(10-12-21(23)24-20)27(8-3)15-14-25(4)5/h9-12,16-17H,6-8,13-15H2,1-5H3/q+1. The summed E-state index contributed by atoms with van der Waals surface area (Å²) in [4.78, 5) is 10.8. The van der Waals surface area contributed by atoms with Gasteiger partial charge in [-0.3, -0.25) is 0 Å². The van der Waals surface area contributed by atoms with Gasteiger partial charge in [-0.1, -0.05) is 6.92 Å². The zero-order valence-corrected chi connectivity index (χ0v) is 18.7. The first kappa shape index (κ1) is 20.7. The molecule has 0 spiro atoms. The third kappa shape index (κ3) is 4.70. The van der Waals surface area contributed by atoms with E-state index in [9.17, 15) is 0 Å². The lowest BCUT2D eigenvalue weighted by atomic mass is 10.2. The first-order valence-corrected chi connectivity index (χ1v) is 11.2. The van der Waals surface area contributed by atoms with Crippen LogP contribution in [0.4, 0.5) is 5.69 Å². The molecule has 1 aliphatic heterocycles. The van der Waals surface area contributed by atoms with Gasteiger partial charge in [0.25, 0.3) is 0 Å².